The number of hydrogen-bond acceptors (Lipinski definition) is 5. The molecule has 1 aromatic heterocycles. The molecule has 1 heterocycles. The summed E-state index contributed by atoms with van der Waals surface area (Å²) in [5.74, 6) is 0.457. The molecule has 128 valence electrons. The maximum Gasteiger partial charge on any atom is 0.233 e. The van der Waals surface area contributed by atoms with Gasteiger partial charge in [-0.05, 0) is 47.5 Å². The average Bonchev–Trinajstić information content (AvgIpc) is 3.09. The summed E-state index contributed by atoms with van der Waals surface area (Å²) in [6, 6.07) is 7.64. The Balaban J connectivity index is 1.61. The Bertz CT molecular complexity index is 684. The lowest BCUT2D eigenvalue weighted by Gasteiger charge is -2.31. The fourth-order valence-corrected chi connectivity index (χ4v) is 3.85. The molecule has 0 radical (unpaired) electrons. The molecule has 0 N–H and O–H groups in total. The summed E-state index contributed by atoms with van der Waals surface area (Å²) in [5, 5.41) is 13.0. The normalized spacial score (nSPS) is 15.4. The Kier molecular flexibility index (Phi) is 5.73. The van der Waals surface area contributed by atoms with Crippen molar-refractivity contribution in [1.29, 1.82) is 0 Å². The topological polar surface area (TPSA) is 63.9 Å². The van der Waals surface area contributed by atoms with Gasteiger partial charge in [0.25, 0.3) is 0 Å². The van der Waals surface area contributed by atoms with E-state index in [0.717, 1.165) is 18.5 Å². The summed E-state index contributed by atoms with van der Waals surface area (Å²) in [5.41, 5.74) is 0.819. The van der Waals surface area contributed by atoms with Gasteiger partial charge in [0.15, 0.2) is 0 Å². The predicted octanol–water partition coefficient (Wildman–Crippen LogP) is 3.20. The smallest absolute Gasteiger partial charge is 0.233 e. The molecule has 0 aliphatic heterocycles. The van der Waals surface area contributed by atoms with Gasteiger partial charge >= 0.3 is 0 Å². The quantitative estimate of drug-likeness (QED) is 0.761. The molecule has 0 atom stereocenters. The lowest BCUT2D eigenvalue weighted by molar-refractivity contribution is -0.129. The van der Waals surface area contributed by atoms with Crippen molar-refractivity contribution in [2.45, 2.75) is 43.3 Å². The molecular formula is C16H20ClN5OS. The van der Waals surface area contributed by atoms with Crippen LogP contribution in [0.2, 0.25) is 5.02 Å². The number of tetrazole rings is 1. The van der Waals surface area contributed by atoms with Crippen molar-refractivity contribution in [3.63, 3.8) is 0 Å². The van der Waals surface area contributed by atoms with Gasteiger partial charge in [0.05, 0.1) is 11.4 Å². The lowest BCUT2D eigenvalue weighted by Crippen LogP contribution is -2.39. The number of benzene rings is 1. The van der Waals surface area contributed by atoms with E-state index in [1.54, 1.807) is 16.8 Å². The molecule has 0 spiro atoms. The number of carbonyl (C=O) groups excluding carboxylic acids is 1. The Hall–Kier alpha value is -1.60. The van der Waals surface area contributed by atoms with Gasteiger partial charge in [-0.2, -0.15) is 4.68 Å². The van der Waals surface area contributed by atoms with E-state index in [9.17, 15) is 4.79 Å². The molecule has 1 aliphatic rings. The summed E-state index contributed by atoms with van der Waals surface area (Å²) in [6.45, 7) is 0. The monoisotopic (exact) mass is 365 g/mol. The van der Waals surface area contributed by atoms with Crippen molar-refractivity contribution in [2.24, 2.45) is 0 Å². The van der Waals surface area contributed by atoms with Crippen LogP contribution in [-0.2, 0) is 4.79 Å². The molecule has 0 saturated heterocycles. The Morgan fingerprint density at radius 3 is 2.71 bits per heavy atom. The van der Waals surface area contributed by atoms with Crippen LogP contribution in [0.4, 0.5) is 0 Å². The van der Waals surface area contributed by atoms with Gasteiger partial charge in [0, 0.05) is 18.1 Å². The maximum atomic E-state index is 12.4. The van der Waals surface area contributed by atoms with E-state index in [1.807, 2.05) is 24.1 Å². The van der Waals surface area contributed by atoms with Crippen LogP contribution in [0.1, 0.15) is 32.1 Å². The molecule has 1 aliphatic carbocycles. The standard InChI is InChI=1S/C16H20ClN5OS/c1-21(13-5-3-2-4-6-13)15(23)11-24-16-18-19-20-22(16)14-9-7-12(17)8-10-14/h7-10,13H,2-6,11H2,1H3. The van der Waals surface area contributed by atoms with Gasteiger partial charge in [-0.3, -0.25) is 4.79 Å². The van der Waals surface area contributed by atoms with Crippen LogP contribution in [-0.4, -0.2) is 49.9 Å². The zero-order valence-corrected chi connectivity index (χ0v) is 15.1. The van der Waals surface area contributed by atoms with Gasteiger partial charge in [-0.25, -0.2) is 0 Å². The molecule has 8 heteroatoms. The van der Waals surface area contributed by atoms with Crippen LogP contribution in [0, 0.1) is 0 Å². The van der Waals surface area contributed by atoms with Crippen molar-refractivity contribution in [3.05, 3.63) is 29.3 Å². The van der Waals surface area contributed by atoms with Gasteiger partial charge in [0.2, 0.25) is 11.1 Å². The highest BCUT2D eigenvalue weighted by Gasteiger charge is 2.22. The zero-order chi connectivity index (χ0) is 16.9. The minimum atomic E-state index is 0.123. The van der Waals surface area contributed by atoms with Crippen molar-refractivity contribution in [2.75, 3.05) is 12.8 Å². The van der Waals surface area contributed by atoms with E-state index < -0.39 is 0 Å². The van der Waals surface area contributed by atoms with Gasteiger partial charge in [-0.1, -0.05) is 42.6 Å². The van der Waals surface area contributed by atoms with Crippen LogP contribution >= 0.6 is 23.4 Å². The number of amides is 1. The first-order chi connectivity index (χ1) is 11.6. The summed E-state index contributed by atoms with van der Waals surface area (Å²) in [4.78, 5) is 14.3. The highest BCUT2D eigenvalue weighted by Crippen LogP contribution is 2.24. The predicted molar refractivity (Wildman–Crippen MR) is 94.5 cm³/mol. The first kappa shape index (κ1) is 17.2. The van der Waals surface area contributed by atoms with Crippen molar-refractivity contribution in [3.8, 4) is 5.69 Å². The van der Waals surface area contributed by atoms with Crippen LogP contribution < -0.4 is 0 Å². The van der Waals surface area contributed by atoms with Crippen LogP contribution in [0.25, 0.3) is 5.69 Å². The largest absolute Gasteiger partial charge is 0.342 e. The van der Waals surface area contributed by atoms with Crippen LogP contribution in [0.5, 0.6) is 0 Å². The van der Waals surface area contributed by atoms with Crippen molar-refractivity contribution >= 4 is 29.3 Å². The third-order valence-electron chi connectivity index (χ3n) is 4.35. The molecule has 3 rings (SSSR count). The average molecular weight is 366 g/mol. The molecule has 1 amide bonds. The number of halogens is 1. The third kappa shape index (κ3) is 4.08. The van der Waals surface area contributed by atoms with Crippen molar-refractivity contribution in [1.82, 2.24) is 25.1 Å². The van der Waals surface area contributed by atoms with E-state index in [4.69, 9.17) is 11.6 Å². The molecule has 1 aromatic carbocycles. The number of thioether (sulfide) groups is 1. The SMILES string of the molecule is CN(C(=O)CSc1nnnn1-c1ccc(Cl)cc1)C1CCCCC1. The minimum absolute atomic E-state index is 0.123. The molecule has 0 unspecified atom stereocenters. The second-order valence-electron chi connectivity index (χ2n) is 5.93. The number of hydrogen-bond donors (Lipinski definition) is 0. The van der Waals surface area contributed by atoms with Gasteiger partial charge in [-0.15, -0.1) is 5.10 Å². The van der Waals surface area contributed by atoms with Crippen molar-refractivity contribution < 1.29 is 4.79 Å². The fourth-order valence-electron chi connectivity index (χ4n) is 2.91. The van der Waals surface area contributed by atoms with E-state index >= 15 is 0 Å². The Labute approximate surface area is 150 Å². The van der Waals surface area contributed by atoms with Crippen LogP contribution in [0.3, 0.4) is 0 Å². The highest BCUT2D eigenvalue weighted by molar-refractivity contribution is 7.99. The summed E-state index contributed by atoms with van der Waals surface area (Å²) in [7, 11) is 1.90. The van der Waals surface area contributed by atoms with E-state index in [0.29, 0.717) is 22.0 Å². The fraction of sp³-hybridized carbons (Fsp3) is 0.500. The molecule has 24 heavy (non-hydrogen) atoms. The first-order valence-corrected chi connectivity index (χ1v) is 9.44. The van der Waals surface area contributed by atoms with Crippen LogP contribution in [0.15, 0.2) is 29.4 Å². The molecule has 1 fully saturated rings. The molecule has 2 aromatic rings. The Morgan fingerprint density at radius 2 is 2.00 bits per heavy atom. The summed E-state index contributed by atoms with van der Waals surface area (Å²) < 4.78 is 1.62. The molecule has 1 saturated carbocycles. The molecule has 6 nitrogen and oxygen atoms in total. The maximum absolute atomic E-state index is 12.4. The van der Waals surface area contributed by atoms with Gasteiger partial charge < -0.3 is 4.90 Å². The Morgan fingerprint density at radius 1 is 1.29 bits per heavy atom. The molecule has 0 bridgehead atoms. The molecular weight excluding hydrogens is 346 g/mol. The first-order valence-electron chi connectivity index (χ1n) is 8.08. The van der Waals surface area contributed by atoms with E-state index in [2.05, 4.69) is 15.5 Å². The lowest BCUT2D eigenvalue weighted by atomic mass is 9.94. The zero-order valence-electron chi connectivity index (χ0n) is 13.6. The number of aromatic nitrogens is 4. The third-order valence-corrected chi connectivity index (χ3v) is 5.51. The second kappa shape index (κ2) is 7.98. The number of carbonyl (C=O) groups is 1. The summed E-state index contributed by atoms with van der Waals surface area (Å²) >= 11 is 7.26. The summed E-state index contributed by atoms with van der Waals surface area (Å²) in [6.07, 6.45) is 5.92. The second-order valence-corrected chi connectivity index (χ2v) is 7.31. The number of nitrogens with zero attached hydrogens (tertiary/aromatic N) is 5. The van der Waals surface area contributed by atoms with E-state index in [-0.39, 0.29) is 5.91 Å². The minimum Gasteiger partial charge on any atom is -0.342 e. The number of rotatable bonds is 5. The van der Waals surface area contributed by atoms with Gasteiger partial charge in [0.1, 0.15) is 0 Å². The highest BCUT2D eigenvalue weighted by atomic mass is 35.5. The van der Waals surface area contributed by atoms with E-state index in [1.165, 1.54) is 31.0 Å².